The molecule has 6 nitrogen and oxygen atoms in total. The third-order valence-electron chi connectivity index (χ3n) is 1.93. The summed E-state index contributed by atoms with van der Waals surface area (Å²) in [7, 11) is 0. The van der Waals surface area contributed by atoms with Gasteiger partial charge in [-0.25, -0.2) is 4.98 Å². The SMILES string of the molecule is CCNC(=O)CCNc1nccc(OCC)n1. The Kier molecular flexibility index (Phi) is 5.77. The number of carbonyl (C=O) groups is 1. The van der Waals surface area contributed by atoms with Crippen molar-refractivity contribution in [3.63, 3.8) is 0 Å². The lowest BCUT2D eigenvalue weighted by Crippen LogP contribution is -2.25. The van der Waals surface area contributed by atoms with Crippen LogP contribution >= 0.6 is 0 Å². The van der Waals surface area contributed by atoms with Crippen LogP contribution in [0.1, 0.15) is 20.3 Å². The monoisotopic (exact) mass is 238 g/mol. The number of nitrogens with zero attached hydrogens (tertiary/aromatic N) is 2. The highest BCUT2D eigenvalue weighted by Crippen LogP contribution is 2.07. The molecular weight excluding hydrogens is 220 g/mol. The molecule has 1 rings (SSSR count). The van der Waals surface area contributed by atoms with Crippen molar-refractivity contribution in [1.29, 1.82) is 0 Å². The molecule has 6 heteroatoms. The van der Waals surface area contributed by atoms with Crippen molar-refractivity contribution in [2.75, 3.05) is 25.0 Å². The topological polar surface area (TPSA) is 76.1 Å². The summed E-state index contributed by atoms with van der Waals surface area (Å²) >= 11 is 0. The lowest BCUT2D eigenvalue weighted by Gasteiger charge is -2.06. The lowest BCUT2D eigenvalue weighted by molar-refractivity contribution is -0.120. The molecule has 2 N–H and O–H groups in total. The van der Waals surface area contributed by atoms with Crippen LogP contribution in [-0.4, -0.2) is 35.6 Å². The summed E-state index contributed by atoms with van der Waals surface area (Å²) in [6.07, 6.45) is 2.02. The van der Waals surface area contributed by atoms with Crippen LogP contribution in [0.25, 0.3) is 0 Å². The van der Waals surface area contributed by atoms with E-state index < -0.39 is 0 Å². The van der Waals surface area contributed by atoms with E-state index >= 15 is 0 Å². The van der Waals surface area contributed by atoms with Gasteiger partial charge in [-0.3, -0.25) is 4.79 Å². The minimum atomic E-state index is 0.0148. The van der Waals surface area contributed by atoms with E-state index in [0.717, 1.165) is 0 Å². The smallest absolute Gasteiger partial charge is 0.225 e. The van der Waals surface area contributed by atoms with E-state index in [1.807, 2.05) is 13.8 Å². The van der Waals surface area contributed by atoms with Crippen molar-refractivity contribution in [1.82, 2.24) is 15.3 Å². The van der Waals surface area contributed by atoms with Crippen LogP contribution in [0.2, 0.25) is 0 Å². The Bertz CT molecular complexity index is 357. The highest BCUT2D eigenvalue weighted by Gasteiger charge is 2.01. The van der Waals surface area contributed by atoms with Gasteiger partial charge in [0.2, 0.25) is 17.7 Å². The van der Waals surface area contributed by atoms with Gasteiger partial charge in [-0.1, -0.05) is 0 Å². The molecule has 0 aliphatic heterocycles. The van der Waals surface area contributed by atoms with Crippen molar-refractivity contribution < 1.29 is 9.53 Å². The van der Waals surface area contributed by atoms with Crippen molar-refractivity contribution >= 4 is 11.9 Å². The first-order valence-corrected chi connectivity index (χ1v) is 5.72. The predicted molar refractivity (Wildman–Crippen MR) is 65.0 cm³/mol. The second-order valence-electron chi connectivity index (χ2n) is 3.28. The number of nitrogens with one attached hydrogen (secondary N) is 2. The first kappa shape index (κ1) is 13.2. The van der Waals surface area contributed by atoms with Crippen LogP contribution in [0.15, 0.2) is 12.3 Å². The predicted octanol–water partition coefficient (Wildman–Crippen LogP) is 0.813. The average molecular weight is 238 g/mol. The maximum Gasteiger partial charge on any atom is 0.225 e. The molecule has 17 heavy (non-hydrogen) atoms. The number of rotatable bonds is 7. The second-order valence-corrected chi connectivity index (χ2v) is 3.28. The van der Waals surface area contributed by atoms with E-state index in [2.05, 4.69) is 20.6 Å². The summed E-state index contributed by atoms with van der Waals surface area (Å²) in [6, 6.07) is 1.69. The number of hydrogen-bond donors (Lipinski definition) is 2. The van der Waals surface area contributed by atoms with Crippen molar-refractivity contribution in [3.05, 3.63) is 12.3 Å². The average Bonchev–Trinajstić information content (AvgIpc) is 2.30. The lowest BCUT2D eigenvalue weighted by atomic mass is 10.4. The molecule has 0 saturated heterocycles. The van der Waals surface area contributed by atoms with Gasteiger partial charge in [0.05, 0.1) is 6.61 Å². The molecule has 1 aromatic heterocycles. The van der Waals surface area contributed by atoms with Crippen LogP contribution in [0.4, 0.5) is 5.95 Å². The zero-order chi connectivity index (χ0) is 12.5. The molecule has 1 amide bonds. The molecule has 1 heterocycles. The first-order chi connectivity index (χ1) is 8.26. The number of amides is 1. The van der Waals surface area contributed by atoms with Gasteiger partial charge in [0, 0.05) is 31.8 Å². The number of carbonyl (C=O) groups excluding carboxylic acids is 1. The molecule has 0 aliphatic carbocycles. The quantitative estimate of drug-likeness (QED) is 0.735. The Hall–Kier alpha value is -1.85. The van der Waals surface area contributed by atoms with E-state index in [1.54, 1.807) is 12.3 Å². The van der Waals surface area contributed by atoms with Crippen LogP contribution in [0.5, 0.6) is 5.88 Å². The van der Waals surface area contributed by atoms with Crippen molar-refractivity contribution in [2.45, 2.75) is 20.3 Å². The van der Waals surface area contributed by atoms with Crippen LogP contribution in [-0.2, 0) is 4.79 Å². The molecule has 1 aromatic rings. The first-order valence-electron chi connectivity index (χ1n) is 5.72. The van der Waals surface area contributed by atoms with E-state index in [-0.39, 0.29) is 5.91 Å². The molecule has 0 fully saturated rings. The molecule has 0 atom stereocenters. The summed E-state index contributed by atoms with van der Waals surface area (Å²) in [6.45, 7) is 5.50. The fraction of sp³-hybridized carbons (Fsp3) is 0.545. The van der Waals surface area contributed by atoms with Gasteiger partial charge in [0.1, 0.15) is 0 Å². The fourth-order valence-corrected chi connectivity index (χ4v) is 1.23. The maximum atomic E-state index is 11.2. The molecule has 0 aromatic carbocycles. The standard InChI is InChI=1S/C11H18N4O2/c1-3-12-9(16)5-7-13-11-14-8-6-10(15-11)17-4-2/h6,8H,3-5,7H2,1-2H3,(H,12,16)(H,13,14,15). The van der Waals surface area contributed by atoms with Gasteiger partial charge in [0.25, 0.3) is 0 Å². The molecule has 0 saturated carbocycles. The fourth-order valence-electron chi connectivity index (χ4n) is 1.23. The number of ether oxygens (including phenoxy) is 1. The third kappa shape index (κ3) is 5.14. The highest BCUT2D eigenvalue weighted by atomic mass is 16.5. The van der Waals surface area contributed by atoms with Gasteiger partial charge >= 0.3 is 0 Å². The maximum absolute atomic E-state index is 11.2. The zero-order valence-corrected chi connectivity index (χ0v) is 10.2. The molecule has 94 valence electrons. The molecule has 0 aliphatic rings. The molecular formula is C11H18N4O2. The Morgan fingerprint density at radius 1 is 1.47 bits per heavy atom. The van der Waals surface area contributed by atoms with Gasteiger partial charge < -0.3 is 15.4 Å². The summed E-state index contributed by atoms with van der Waals surface area (Å²) < 4.78 is 5.24. The Labute approximate surface area is 101 Å². The normalized spacial score (nSPS) is 9.76. The zero-order valence-electron chi connectivity index (χ0n) is 10.2. The van der Waals surface area contributed by atoms with E-state index in [4.69, 9.17) is 4.74 Å². The molecule has 0 radical (unpaired) electrons. The summed E-state index contributed by atoms with van der Waals surface area (Å²) in [4.78, 5) is 19.3. The second kappa shape index (κ2) is 7.43. The van der Waals surface area contributed by atoms with E-state index in [9.17, 15) is 4.79 Å². The highest BCUT2D eigenvalue weighted by molar-refractivity contribution is 5.76. The van der Waals surface area contributed by atoms with Gasteiger partial charge in [-0.15, -0.1) is 0 Å². The van der Waals surface area contributed by atoms with Crippen LogP contribution < -0.4 is 15.4 Å². The minimum absolute atomic E-state index is 0.0148. The van der Waals surface area contributed by atoms with E-state index in [0.29, 0.717) is 37.9 Å². The van der Waals surface area contributed by atoms with Crippen LogP contribution in [0.3, 0.4) is 0 Å². The summed E-state index contributed by atoms with van der Waals surface area (Å²) in [5.41, 5.74) is 0. The summed E-state index contributed by atoms with van der Waals surface area (Å²) in [5.74, 6) is 1.02. The van der Waals surface area contributed by atoms with Gasteiger partial charge in [-0.2, -0.15) is 4.98 Å². The Morgan fingerprint density at radius 3 is 3.00 bits per heavy atom. The number of aromatic nitrogens is 2. The Balaban J connectivity index is 2.35. The Morgan fingerprint density at radius 2 is 2.29 bits per heavy atom. The molecule has 0 unspecified atom stereocenters. The number of hydrogen-bond acceptors (Lipinski definition) is 5. The largest absolute Gasteiger partial charge is 0.478 e. The third-order valence-corrected chi connectivity index (χ3v) is 1.93. The minimum Gasteiger partial charge on any atom is -0.478 e. The summed E-state index contributed by atoms with van der Waals surface area (Å²) in [5, 5.41) is 5.69. The van der Waals surface area contributed by atoms with Gasteiger partial charge in [-0.05, 0) is 13.8 Å². The molecule has 0 spiro atoms. The van der Waals surface area contributed by atoms with Crippen LogP contribution in [0, 0.1) is 0 Å². The number of anilines is 1. The van der Waals surface area contributed by atoms with Crippen molar-refractivity contribution in [2.24, 2.45) is 0 Å². The van der Waals surface area contributed by atoms with Gasteiger partial charge in [0.15, 0.2) is 0 Å². The molecule has 0 bridgehead atoms. The van der Waals surface area contributed by atoms with Crippen molar-refractivity contribution in [3.8, 4) is 5.88 Å². The van der Waals surface area contributed by atoms with E-state index in [1.165, 1.54) is 0 Å².